The van der Waals surface area contributed by atoms with E-state index < -0.39 is 11.2 Å². The number of benzene rings is 2. The van der Waals surface area contributed by atoms with Gasteiger partial charge in [-0.05, 0) is 60.1 Å². The minimum Gasteiger partial charge on any atom is -0.478 e. The number of fused-ring (bicyclic) bond motifs is 6. The molecular weight excluding hydrogens is 550 g/mol. The lowest BCUT2D eigenvalue weighted by Gasteiger charge is -2.08. The van der Waals surface area contributed by atoms with Crippen molar-refractivity contribution in [3.05, 3.63) is 121 Å². The Hall–Kier alpha value is -5.34. The molecule has 7 rings (SSSR count). The summed E-state index contributed by atoms with van der Waals surface area (Å²) in [7, 11) is 4.02. The molecule has 0 fully saturated rings. The molecular formula is C33H25ClN5O3+. The van der Waals surface area contributed by atoms with E-state index in [2.05, 4.69) is 23.7 Å². The summed E-state index contributed by atoms with van der Waals surface area (Å²) in [6, 6.07) is 30.0. The maximum absolute atomic E-state index is 11.9. The molecule has 0 spiro atoms. The first-order chi connectivity index (χ1) is 20.3. The number of para-hydroxylation sites is 2. The fraction of sp³-hybridized carbons (Fsp3) is 0.0606. The van der Waals surface area contributed by atoms with Gasteiger partial charge in [-0.25, -0.2) is 14.2 Å². The molecule has 0 radical (unpaired) electrons. The Labute approximate surface area is 245 Å². The van der Waals surface area contributed by atoms with E-state index in [9.17, 15) is 14.7 Å². The summed E-state index contributed by atoms with van der Waals surface area (Å²) in [5.74, 6) is 0.0520. The predicted molar refractivity (Wildman–Crippen MR) is 165 cm³/mol. The molecule has 5 aromatic heterocycles. The van der Waals surface area contributed by atoms with Crippen molar-refractivity contribution >= 4 is 61.6 Å². The largest absolute Gasteiger partial charge is 0.478 e. The Bertz CT molecular complexity index is 2140. The summed E-state index contributed by atoms with van der Waals surface area (Å²) in [6.07, 6.45) is 3.68. The van der Waals surface area contributed by atoms with Crippen LogP contribution >= 0.6 is 11.6 Å². The normalized spacial score (nSPS) is 11.0. The summed E-state index contributed by atoms with van der Waals surface area (Å²) in [4.78, 5) is 34.0. The molecule has 0 saturated heterocycles. The molecule has 0 bridgehead atoms. The number of carbonyl (C=O) groups excluding carboxylic acids is 1. The monoisotopic (exact) mass is 574 g/mol. The molecule has 206 valence electrons. The maximum Gasteiger partial charge on any atom is 0.369 e. The van der Waals surface area contributed by atoms with Crippen molar-refractivity contribution in [3.63, 3.8) is 0 Å². The van der Waals surface area contributed by atoms with Crippen LogP contribution in [0.3, 0.4) is 0 Å². The first kappa shape index (κ1) is 26.9. The van der Waals surface area contributed by atoms with Crippen molar-refractivity contribution in [2.75, 3.05) is 19.0 Å². The number of imidazole rings is 1. The number of anilines is 1. The minimum absolute atomic E-state index is 0.242. The van der Waals surface area contributed by atoms with Crippen LogP contribution in [0.5, 0.6) is 0 Å². The van der Waals surface area contributed by atoms with Crippen molar-refractivity contribution in [2.24, 2.45) is 0 Å². The molecule has 0 unspecified atom stereocenters. The second kappa shape index (κ2) is 10.9. The second-order valence-electron chi connectivity index (χ2n) is 9.81. The summed E-state index contributed by atoms with van der Waals surface area (Å²) in [5.41, 5.74) is 5.60. The van der Waals surface area contributed by atoms with E-state index in [1.807, 2.05) is 93.1 Å². The van der Waals surface area contributed by atoms with E-state index in [0.29, 0.717) is 27.9 Å². The van der Waals surface area contributed by atoms with Crippen molar-refractivity contribution in [2.45, 2.75) is 0 Å². The highest BCUT2D eigenvalue weighted by Crippen LogP contribution is 2.29. The lowest BCUT2D eigenvalue weighted by molar-refractivity contribution is -0.497. The van der Waals surface area contributed by atoms with Crippen molar-refractivity contribution < 1.29 is 19.1 Å². The number of carboxylic acid groups (broad SMARTS) is 1. The summed E-state index contributed by atoms with van der Waals surface area (Å²) < 4.78 is 4.28. The molecule has 0 aliphatic carbocycles. The highest BCUT2D eigenvalue weighted by molar-refractivity contribution is 6.68. The first-order valence-corrected chi connectivity index (χ1v) is 13.5. The molecule has 0 amide bonds. The number of carboxylic acids is 1. The fourth-order valence-electron chi connectivity index (χ4n) is 5.22. The zero-order chi connectivity index (χ0) is 29.4. The topological polar surface area (TPSA) is 91.9 Å². The van der Waals surface area contributed by atoms with E-state index >= 15 is 0 Å². The average Bonchev–Trinajstić information content (AvgIpc) is 3.36. The molecule has 0 aliphatic rings. The number of aromatic nitrogens is 4. The number of hydrogen-bond acceptors (Lipinski definition) is 5. The van der Waals surface area contributed by atoms with Gasteiger partial charge in [0.05, 0.1) is 42.8 Å². The van der Waals surface area contributed by atoms with Gasteiger partial charge in [-0.2, -0.15) is 4.40 Å². The smallest absolute Gasteiger partial charge is 0.369 e. The standard InChI is InChI=1S/C18H15ClN3O.C15H10N2O2/c1-20(2)18-21-10-6-5-9-15(21)16-11-13(17(19)23)12-7-3-4-8-14(12)22(16)18;18-15(19)11-9-14(13-7-3-4-8-16-13)17-12-6-2-1-5-10(11)12/h3-11H,1-2H3;1-9H,(H,18,19)/q+1;. The first-order valence-electron chi connectivity index (χ1n) is 13.1. The van der Waals surface area contributed by atoms with Gasteiger partial charge in [0, 0.05) is 22.5 Å². The van der Waals surface area contributed by atoms with Crippen LogP contribution in [0, 0.1) is 0 Å². The molecule has 5 heterocycles. The van der Waals surface area contributed by atoms with Gasteiger partial charge in [-0.3, -0.25) is 14.7 Å². The van der Waals surface area contributed by atoms with E-state index in [0.717, 1.165) is 27.9 Å². The van der Waals surface area contributed by atoms with Crippen LogP contribution in [0.25, 0.3) is 44.2 Å². The second-order valence-corrected chi connectivity index (χ2v) is 10.2. The van der Waals surface area contributed by atoms with Crippen molar-refractivity contribution in [3.8, 4) is 11.4 Å². The van der Waals surface area contributed by atoms with Crippen molar-refractivity contribution in [1.82, 2.24) is 14.4 Å². The van der Waals surface area contributed by atoms with Crippen LogP contribution < -0.4 is 9.30 Å². The SMILES string of the molecule is CN(C)c1n2c3ccccc3c(C(=O)Cl)cc2c2cccc[n+]12.O=C(O)c1cc(-c2ccccn2)nc2ccccc12. The Morgan fingerprint density at radius 3 is 2.24 bits per heavy atom. The van der Waals surface area contributed by atoms with Crippen LogP contribution in [-0.2, 0) is 0 Å². The Morgan fingerprint density at radius 2 is 1.52 bits per heavy atom. The number of carbonyl (C=O) groups is 2. The predicted octanol–water partition coefficient (Wildman–Crippen LogP) is 6.27. The van der Waals surface area contributed by atoms with Gasteiger partial charge in [-0.1, -0.05) is 48.5 Å². The summed E-state index contributed by atoms with van der Waals surface area (Å²) in [6.45, 7) is 0. The lowest BCUT2D eigenvalue weighted by atomic mass is 10.1. The molecule has 0 saturated carbocycles. The Kier molecular flexibility index (Phi) is 6.98. The molecule has 1 N–H and O–H groups in total. The van der Waals surface area contributed by atoms with Gasteiger partial charge in [-0.15, -0.1) is 0 Å². The fourth-order valence-corrected chi connectivity index (χ4v) is 5.38. The summed E-state index contributed by atoms with van der Waals surface area (Å²) in [5, 5.41) is 10.4. The van der Waals surface area contributed by atoms with E-state index in [1.54, 1.807) is 30.5 Å². The number of pyridine rings is 4. The lowest BCUT2D eigenvalue weighted by Crippen LogP contribution is -2.29. The van der Waals surface area contributed by atoms with Crippen LogP contribution in [-0.4, -0.2) is 44.8 Å². The van der Waals surface area contributed by atoms with E-state index in [-0.39, 0.29) is 5.56 Å². The van der Waals surface area contributed by atoms with Gasteiger partial charge in [0.2, 0.25) is 0 Å². The van der Waals surface area contributed by atoms with Crippen LogP contribution in [0.15, 0.2) is 109 Å². The average molecular weight is 575 g/mol. The number of nitrogens with zero attached hydrogens (tertiary/aromatic N) is 5. The number of halogens is 1. The van der Waals surface area contributed by atoms with Gasteiger partial charge in [0.25, 0.3) is 5.24 Å². The van der Waals surface area contributed by atoms with Gasteiger partial charge in [0.1, 0.15) is 16.6 Å². The third-order valence-electron chi connectivity index (χ3n) is 6.98. The Morgan fingerprint density at radius 1 is 0.810 bits per heavy atom. The third kappa shape index (κ3) is 4.67. The maximum atomic E-state index is 11.9. The zero-order valence-electron chi connectivity index (χ0n) is 22.8. The summed E-state index contributed by atoms with van der Waals surface area (Å²) >= 11 is 5.84. The molecule has 2 aromatic carbocycles. The quantitative estimate of drug-likeness (QED) is 0.197. The molecule has 42 heavy (non-hydrogen) atoms. The Balaban J connectivity index is 0.000000153. The van der Waals surface area contributed by atoms with Crippen LogP contribution in [0.4, 0.5) is 5.95 Å². The van der Waals surface area contributed by atoms with Crippen molar-refractivity contribution in [1.29, 1.82) is 0 Å². The molecule has 7 aromatic rings. The van der Waals surface area contributed by atoms with E-state index in [1.165, 1.54) is 0 Å². The van der Waals surface area contributed by atoms with Crippen LogP contribution in [0.1, 0.15) is 20.7 Å². The molecule has 0 atom stereocenters. The van der Waals surface area contributed by atoms with Gasteiger partial charge in [0.15, 0.2) is 0 Å². The minimum atomic E-state index is -0.962. The number of rotatable bonds is 4. The number of hydrogen-bond donors (Lipinski definition) is 1. The van der Waals surface area contributed by atoms with Gasteiger partial charge < -0.3 is 5.11 Å². The number of aromatic carboxylic acids is 1. The molecule has 0 aliphatic heterocycles. The van der Waals surface area contributed by atoms with Crippen LogP contribution in [0.2, 0.25) is 0 Å². The third-order valence-corrected chi connectivity index (χ3v) is 7.18. The van der Waals surface area contributed by atoms with E-state index in [4.69, 9.17) is 11.6 Å². The highest BCUT2D eigenvalue weighted by atomic mass is 35.5. The molecule has 9 heteroatoms. The molecule has 8 nitrogen and oxygen atoms in total. The highest BCUT2D eigenvalue weighted by Gasteiger charge is 2.25. The van der Waals surface area contributed by atoms with Gasteiger partial charge >= 0.3 is 11.9 Å². The zero-order valence-corrected chi connectivity index (χ0v) is 23.5.